The topological polar surface area (TPSA) is 147 Å². The van der Waals surface area contributed by atoms with Gasteiger partial charge in [-0.2, -0.15) is 5.26 Å². The highest BCUT2D eigenvalue weighted by molar-refractivity contribution is 5.80. The minimum atomic E-state index is -0.799. The summed E-state index contributed by atoms with van der Waals surface area (Å²) in [5.74, 6) is -1.81. The lowest BCUT2D eigenvalue weighted by Gasteiger charge is -2.33. The largest absolute Gasteiger partial charge is 0.396 e. The Labute approximate surface area is 200 Å². The number of ether oxygens (including phenoxy) is 1. The highest BCUT2D eigenvalue weighted by atomic mass is 19.1. The van der Waals surface area contributed by atoms with Crippen LogP contribution in [0.3, 0.4) is 0 Å². The minimum Gasteiger partial charge on any atom is -0.396 e. The van der Waals surface area contributed by atoms with Gasteiger partial charge >= 0.3 is 0 Å². The van der Waals surface area contributed by atoms with Crippen LogP contribution in [0.4, 0.5) is 20.2 Å². The van der Waals surface area contributed by atoms with Gasteiger partial charge in [-0.15, -0.1) is 0 Å². The van der Waals surface area contributed by atoms with Gasteiger partial charge in [0.25, 0.3) is 0 Å². The van der Waals surface area contributed by atoms with Crippen LogP contribution in [-0.2, 0) is 4.74 Å². The molecule has 0 spiro atoms. The molecule has 0 amide bonds. The maximum Gasteiger partial charge on any atom is 0.170 e. The number of nitriles is 1. The zero-order valence-electron chi connectivity index (χ0n) is 18.9. The lowest BCUT2D eigenvalue weighted by molar-refractivity contribution is -0.0949. The van der Waals surface area contributed by atoms with E-state index in [4.69, 9.17) is 15.7 Å². The van der Waals surface area contributed by atoms with Gasteiger partial charge in [-0.3, -0.25) is 9.78 Å². The molecule has 3 heterocycles. The van der Waals surface area contributed by atoms with Gasteiger partial charge < -0.3 is 20.9 Å². The minimum absolute atomic E-state index is 0.0560. The number of nitrogen functional groups attached to an aromatic ring is 1. The number of aliphatic hydroxyl groups excluding tert-OH is 1. The molecule has 3 atom stereocenters. The van der Waals surface area contributed by atoms with Crippen molar-refractivity contribution in [1.29, 1.82) is 5.26 Å². The number of benzene rings is 1. The second-order valence-electron chi connectivity index (χ2n) is 7.70. The fraction of sp³-hybridized carbons (Fsp3) is 0.292. The van der Waals surface area contributed by atoms with Crippen LogP contribution < -0.4 is 11.1 Å². The van der Waals surface area contributed by atoms with Crippen molar-refractivity contribution in [3.63, 3.8) is 0 Å². The Hall–Kier alpha value is -4.01. The third-order valence-electron chi connectivity index (χ3n) is 5.31. The summed E-state index contributed by atoms with van der Waals surface area (Å²) < 4.78 is 32.7. The van der Waals surface area contributed by atoms with Crippen molar-refractivity contribution in [1.82, 2.24) is 15.0 Å². The van der Waals surface area contributed by atoms with Crippen LogP contribution in [-0.4, -0.2) is 45.6 Å². The van der Waals surface area contributed by atoms with Crippen molar-refractivity contribution in [2.45, 2.75) is 37.6 Å². The van der Waals surface area contributed by atoms with E-state index in [0.717, 1.165) is 29.6 Å². The van der Waals surface area contributed by atoms with Crippen molar-refractivity contribution in [2.24, 2.45) is 0 Å². The Morgan fingerprint density at radius 2 is 2.03 bits per heavy atom. The number of nitrogens with two attached hydrogens (primary N) is 1. The lowest BCUT2D eigenvalue weighted by atomic mass is 9.95. The van der Waals surface area contributed by atoms with E-state index in [1.54, 1.807) is 12.4 Å². The number of rotatable bonds is 5. The molecule has 1 aliphatic heterocycles. The molecule has 1 saturated heterocycles. The zero-order valence-corrected chi connectivity index (χ0v) is 18.9. The molecule has 2 aromatic heterocycles. The summed E-state index contributed by atoms with van der Waals surface area (Å²) in [6.07, 6.45) is 5.59. The molecule has 4 N–H and O–H groups in total. The number of nitrogens with zero attached hydrogens (tertiary/aromatic N) is 4. The van der Waals surface area contributed by atoms with Gasteiger partial charge in [0.1, 0.15) is 17.3 Å². The standard InChI is InChI=1S/C13H17N3O2.C11H7F2N3O/c1-15-12-8-16-5-3-11(12)13-7-9(17)6-10(18-13)2-4-14;12-6-2-1-3-7(13)10(6)11-15-4-8(14)9(5-17)16-11/h3,5,8-10,13,15,17H,2,6-7H2,1H3;1-5H,14H2/t9?,10-,13?;/m1./s1. The molecule has 1 aliphatic rings. The summed E-state index contributed by atoms with van der Waals surface area (Å²) in [4.78, 5) is 22.1. The van der Waals surface area contributed by atoms with Crippen molar-refractivity contribution in [3.8, 4) is 17.5 Å². The van der Waals surface area contributed by atoms with E-state index in [2.05, 4.69) is 26.3 Å². The monoisotopic (exact) mass is 482 g/mol. The van der Waals surface area contributed by atoms with E-state index >= 15 is 0 Å². The van der Waals surface area contributed by atoms with Gasteiger partial charge in [-0.1, -0.05) is 6.07 Å². The molecule has 1 aromatic carbocycles. The summed E-state index contributed by atoms with van der Waals surface area (Å²) in [6, 6.07) is 7.37. The van der Waals surface area contributed by atoms with Crippen LogP contribution in [0.1, 0.15) is 41.4 Å². The third kappa shape index (κ3) is 6.32. The number of nitrogens with one attached hydrogen (secondary N) is 1. The normalized spacial score (nSPS) is 19.1. The van der Waals surface area contributed by atoms with Gasteiger partial charge in [-0.25, -0.2) is 18.7 Å². The van der Waals surface area contributed by atoms with Crippen molar-refractivity contribution >= 4 is 17.7 Å². The lowest BCUT2D eigenvalue weighted by Crippen LogP contribution is -2.31. The number of halogens is 2. The van der Waals surface area contributed by atoms with E-state index in [9.17, 15) is 18.7 Å². The number of hydrogen-bond donors (Lipinski definition) is 3. The molecule has 1 fully saturated rings. The molecule has 3 aromatic rings. The molecular weight excluding hydrogens is 458 g/mol. The number of carbonyl (C=O) groups excluding carboxylic acids is 1. The molecule has 9 nitrogen and oxygen atoms in total. The number of pyridine rings is 1. The first-order valence-corrected chi connectivity index (χ1v) is 10.7. The van der Waals surface area contributed by atoms with Gasteiger partial charge in [0.15, 0.2) is 12.1 Å². The SMILES string of the molecule is CNc1cnccc1C1CC(O)C[C@@H](CC#N)O1.Nc1cnc(-c2c(F)cccc2F)nc1C=O. The quantitative estimate of drug-likeness (QED) is 0.465. The first kappa shape index (κ1) is 25.6. The first-order valence-electron chi connectivity index (χ1n) is 10.7. The summed E-state index contributed by atoms with van der Waals surface area (Å²) in [6.45, 7) is 0. The fourth-order valence-electron chi connectivity index (χ4n) is 3.65. The van der Waals surface area contributed by atoms with Crippen molar-refractivity contribution < 1.29 is 23.4 Å². The number of aliphatic hydroxyl groups is 1. The smallest absolute Gasteiger partial charge is 0.170 e. The number of hydrogen-bond acceptors (Lipinski definition) is 9. The zero-order chi connectivity index (χ0) is 25.4. The van der Waals surface area contributed by atoms with Crippen molar-refractivity contribution in [2.75, 3.05) is 18.1 Å². The fourth-order valence-corrected chi connectivity index (χ4v) is 3.65. The Balaban J connectivity index is 0.000000196. The Kier molecular flexibility index (Phi) is 8.72. The van der Waals surface area contributed by atoms with Crippen LogP contribution in [0, 0.1) is 23.0 Å². The third-order valence-corrected chi connectivity index (χ3v) is 5.31. The second-order valence-corrected chi connectivity index (χ2v) is 7.70. The van der Waals surface area contributed by atoms with Crippen molar-refractivity contribution in [3.05, 3.63) is 65.7 Å². The second kappa shape index (κ2) is 11.9. The molecular formula is C24H24F2N6O3. The number of aromatic nitrogens is 3. The molecule has 0 radical (unpaired) electrons. The van der Waals surface area contributed by atoms with Crippen LogP contribution in [0.25, 0.3) is 11.4 Å². The number of carbonyl (C=O) groups is 1. The Morgan fingerprint density at radius 3 is 2.69 bits per heavy atom. The number of aldehydes is 1. The predicted molar refractivity (Wildman–Crippen MR) is 124 cm³/mol. The van der Waals surface area contributed by atoms with Crippen LogP contribution in [0.5, 0.6) is 0 Å². The van der Waals surface area contributed by atoms with Crippen LogP contribution in [0.15, 0.2) is 42.9 Å². The van der Waals surface area contributed by atoms with Gasteiger partial charge in [0, 0.05) is 31.6 Å². The van der Waals surface area contributed by atoms with E-state index < -0.39 is 17.7 Å². The maximum atomic E-state index is 13.4. The van der Waals surface area contributed by atoms with Gasteiger partial charge in [-0.05, 0) is 18.2 Å². The molecule has 11 heteroatoms. The van der Waals surface area contributed by atoms with Gasteiger partial charge in [0.05, 0.1) is 60.1 Å². The summed E-state index contributed by atoms with van der Waals surface area (Å²) in [7, 11) is 1.83. The average molecular weight is 482 g/mol. The summed E-state index contributed by atoms with van der Waals surface area (Å²) in [5.41, 5.74) is 6.86. The molecule has 4 rings (SSSR count). The molecule has 35 heavy (non-hydrogen) atoms. The molecule has 0 saturated carbocycles. The first-order chi connectivity index (χ1) is 16.9. The Morgan fingerprint density at radius 1 is 1.29 bits per heavy atom. The van der Waals surface area contributed by atoms with E-state index in [0.29, 0.717) is 25.5 Å². The predicted octanol–water partition coefficient (Wildman–Crippen LogP) is 3.43. The highest BCUT2D eigenvalue weighted by Crippen LogP contribution is 2.35. The average Bonchev–Trinajstić information content (AvgIpc) is 2.85. The summed E-state index contributed by atoms with van der Waals surface area (Å²) >= 11 is 0. The highest BCUT2D eigenvalue weighted by Gasteiger charge is 2.30. The van der Waals surface area contributed by atoms with Gasteiger partial charge in [0.2, 0.25) is 0 Å². The molecule has 0 bridgehead atoms. The van der Waals surface area contributed by atoms with E-state index in [-0.39, 0.29) is 35.0 Å². The molecule has 182 valence electrons. The van der Waals surface area contributed by atoms with Crippen LogP contribution in [0.2, 0.25) is 0 Å². The Bertz CT molecular complexity index is 1200. The van der Waals surface area contributed by atoms with E-state index in [1.807, 2.05) is 13.1 Å². The summed E-state index contributed by atoms with van der Waals surface area (Å²) in [5, 5.41) is 21.7. The maximum absolute atomic E-state index is 13.4. The van der Waals surface area contributed by atoms with Crippen LogP contribution >= 0.6 is 0 Å². The molecule has 2 unspecified atom stereocenters. The van der Waals surface area contributed by atoms with E-state index in [1.165, 1.54) is 6.07 Å². The number of anilines is 2. The molecule has 0 aliphatic carbocycles.